The molecule has 0 radical (unpaired) electrons. The van der Waals surface area contributed by atoms with Crippen molar-refractivity contribution in [3.05, 3.63) is 142 Å². The highest BCUT2D eigenvalue weighted by molar-refractivity contribution is 7.89. The van der Waals surface area contributed by atoms with Crippen LogP contribution in [0.1, 0.15) is 30.5 Å². The number of hydrogen-bond acceptors (Lipinski definition) is 5. The number of phenolic OH excluding ortho intramolecular Hbond substituents is 1. The Balaban J connectivity index is 1.43. The molecule has 2 N–H and O–H groups in total. The summed E-state index contributed by atoms with van der Waals surface area (Å²) in [6.07, 6.45) is 0. The monoisotopic (exact) mass is 749 g/mol. The summed E-state index contributed by atoms with van der Waals surface area (Å²) in [7, 11) is -2.80. The van der Waals surface area contributed by atoms with Crippen LogP contribution in [0, 0.1) is 11.7 Å². The summed E-state index contributed by atoms with van der Waals surface area (Å²) < 4.78 is 48.4. The average Bonchev–Trinajstić information content (AvgIpc) is 3.10. The zero-order chi connectivity index (χ0) is 36.7. The van der Waals surface area contributed by atoms with E-state index in [4.69, 9.17) is 27.9 Å². The first kappa shape index (κ1) is 37.6. The van der Waals surface area contributed by atoms with Crippen molar-refractivity contribution in [2.45, 2.75) is 38.4 Å². The van der Waals surface area contributed by atoms with E-state index in [1.54, 1.807) is 66.6 Å². The topological polar surface area (TPSA) is 99.2 Å². The van der Waals surface area contributed by atoms with Crippen LogP contribution in [0.5, 0.6) is 11.5 Å². The largest absolute Gasteiger partial charge is 0.505 e. The van der Waals surface area contributed by atoms with Crippen LogP contribution in [-0.4, -0.2) is 42.4 Å². The fourth-order valence-corrected chi connectivity index (χ4v) is 7.73. The number of nitrogens with zero attached hydrogens (tertiary/aromatic N) is 2. The maximum absolute atomic E-state index is 14.2. The smallest absolute Gasteiger partial charge is 0.322 e. The number of rotatable bonds is 13. The van der Waals surface area contributed by atoms with Crippen LogP contribution in [0.15, 0.2) is 114 Å². The summed E-state index contributed by atoms with van der Waals surface area (Å²) in [5.41, 5.74) is 4.36. The molecule has 266 valence electrons. The number of carbonyl (C=O) groups excluding carboxylic acids is 1. The summed E-state index contributed by atoms with van der Waals surface area (Å²) in [6.45, 7) is 4.67. The highest BCUT2D eigenvalue weighted by Gasteiger charge is 2.30. The highest BCUT2D eigenvalue weighted by atomic mass is 35.5. The maximum Gasteiger partial charge on any atom is 0.322 e. The Morgan fingerprint density at radius 1 is 0.824 bits per heavy atom. The molecule has 0 heterocycles. The van der Waals surface area contributed by atoms with Crippen molar-refractivity contribution in [3.63, 3.8) is 0 Å². The third kappa shape index (κ3) is 9.80. The number of nitrogens with one attached hydrogen (secondary N) is 1. The Kier molecular flexibility index (Phi) is 12.3. The lowest BCUT2D eigenvalue weighted by Crippen LogP contribution is -2.37. The minimum atomic E-state index is -4.36. The van der Waals surface area contributed by atoms with Gasteiger partial charge in [0, 0.05) is 43.0 Å². The first-order valence-corrected chi connectivity index (χ1v) is 18.3. The molecule has 0 bridgehead atoms. The maximum atomic E-state index is 14.2. The normalized spacial score (nSPS) is 11.5. The second-order valence-electron chi connectivity index (χ2n) is 12.5. The van der Waals surface area contributed by atoms with Crippen LogP contribution < -0.4 is 10.1 Å². The number of anilines is 1. The lowest BCUT2D eigenvalue weighted by atomic mass is 10.0. The van der Waals surface area contributed by atoms with Crippen LogP contribution >= 0.6 is 23.2 Å². The van der Waals surface area contributed by atoms with Gasteiger partial charge in [-0.2, -0.15) is 4.31 Å². The van der Waals surface area contributed by atoms with Crippen molar-refractivity contribution < 1.29 is 27.4 Å². The molecule has 0 aliphatic rings. The van der Waals surface area contributed by atoms with Crippen molar-refractivity contribution in [2.75, 3.05) is 19.0 Å². The fourth-order valence-electron chi connectivity index (χ4n) is 5.57. The van der Waals surface area contributed by atoms with E-state index in [9.17, 15) is 22.7 Å². The van der Waals surface area contributed by atoms with Crippen LogP contribution in [0.2, 0.25) is 10.0 Å². The number of methoxy groups -OCH3 is 1. The number of hydrogen-bond donors (Lipinski definition) is 2. The SMILES string of the molecule is COc1cccc(NC(=O)N(Cc2cccc(CN(Cc3ccc(-c4ccc(F)cc4)cc3)S(=O)(=O)c3cc(Cl)cc(Cl)c3O)c2)CC(C)C)c1. The molecule has 5 rings (SSSR count). The summed E-state index contributed by atoms with van der Waals surface area (Å²) >= 11 is 12.3. The molecule has 0 atom stereocenters. The quantitative estimate of drug-likeness (QED) is 0.125. The summed E-state index contributed by atoms with van der Waals surface area (Å²) in [5.74, 6) is -0.143. The van der Waals surface area contributed by atoms with Gasteiger partial charge in [-0.05, 0) is 70.1 Å². The van der Waals surface area contributed by atoms with Crippen LogP contribution in [-0.2, 0) is 29.7 Å². The van der Waals surface area contributed by atoms with E-state index in [0.717, 1.165) is 16.7 Å². The lowest BCUT2D eigenvalue weighted by molar-refractivity contribution is 0.201. The number of aromatic hydroxyl groups is 1. The van der Waals surface area contributed by atoms with Gasteiger partial charge in [-0.15, -0.1) is 0 Å². The molecule has 5 aromatic carbocycles. The van der Waals surface area contributed by atoms with Gasteiger partial charge in [0.2, 0.25) is 10.0 Å². The molecule has 0 fully saturated rings. The van der Waals surface area contributed by atoms with Gasteiger partial charge in [0.1, 0.15) is 16.5 Å². The van der Waals surface area contributed by atoms with E-state index in [2.05, 4.69) is 5.32 Å². The minimum Gasteiger partial charge on any atom is -0.505 e. The molecule has 0 saturated carbocycles. The Hall–Kier alpha value is -4.61. The molecule has 2 amide bonds. The number of benzene rings is 5. The van der Waals surface area contributed by atoms with Gasteiger partial charge in [-0.1, -0.05) is 104 Å². The number of phenols is 1. The van der Waals surface area contributed by atoms with Crippen LogP contribution in [0.4, 0.5) is 14.9 Å². The van der Waals surface area contributed by atoms with Crippen LogP contribution in [0.3, 0.4) is 0 Å². The van der Waals surface area contributed by atoms with E-state index in [0.29, 0.717) is 29.1 Å². The molecule has 8 nitrogen and oxygen atoms in total. The predicted molar refractivity (Wildman–Crippen MR) is 200 cm³/mol. The molecule has 5 aromatic rings. The molecule has 12 heteroatoms. The first-order chi connectivity index (χ1) is 24.3. The summed E-state index contributed by atoms with van der Waals surface area (Å²) in [4.78, 5) is 14.7. The van der Waals surface area contributed by atoms with Gasteiger partial charge in [-0.25, -0.2) is 17.6 Å². The van der Waals surface area contributed by atoms with Gasteiger partial charge in [0.15, 0.2) is 5.75 Å². The zero-order valence-electron chi connectivity index (χ0n) is 28.3. The molecule has 0 aliphatic carbocycles. The zero-order valence-corrected chi connectivity index (χ0v) is 30.6. The van der Waals surface area contributed by atoms with E-state index in [1.165, 1.54) is 28.6 Å². The van der Waals surface area contributed by atoms with Gasteiger partial charge >= 0.3 is 6.03 Å². The van der Waals surface area contributed by atoms with E-state index >= 15 is 0 Å². The minimum absolute atomic E-state index is 0.0533. The third-order valence-corrected chi connectivity index (χ3v) is 10.3. The molecular weight excluding hydrogens is 712 g/mol. The summed E-state index contributed by atoms with van der Waals surface area (Å²) in [5, 5.41) is 13.6. The second kappa shape index (κ2) is 16.6. The van der Waals surface area contributed by atoms with Crippen molar-refractivity contribution in [3.8, 4) is 22.6 Å². The Bertz CT molecular complexity index is 2100. The average molecular weight is 751 g/mol. The predicted octanol–water partition coefficient (Wildman–Crippen LogP) is 9.59. The van der Waals surface area contributed by atoms with Gasteiger partial charge < -0.3 is 20.1 Å². The number of urea groups is 1. The summed E-state index contributed by atoms with van der Waals surface area (Å²) in [6, 6.07) is 30.0. The number of amides is 2. The molecular formula is C39H38Cl2FN3O5S. The second-order valence-corrected chi connectivity index (χ2v) is 15.2. The van der Waals surface area contributed by atoms with E-state index < -0.39 is 20.7 Å². The Morgan fingerprint density at radius 3 is 2.08 bits per heavy atom. The number of halogens is 3. The molecule has 0 saturated heterocycles. The van der Waals surface area contributed by atoms with Gasteiger partial charge in [0.05, 0.1) is 12.1 Å². The van der Waals surface area contributed by atoms with Gasteiger partial charge in [0.25, 0.3) is 0 Å². The standard InChI is InChI=1S/C39H38Cl2FN3O5S/c1-26(2)22-44(39(47)43-34-8-5-9-35(21-34)50-3)23-28-6-4-7-29(18-28)25-45(51(48,49)37-20-32(40)19-36(41)38(37)46)24-27-10-12-30(13-11-27)31-14-16-33(42)17-15-31/h4-21,26,46H,22-25H2,1-3H3,(H,43,47). The Morgan fingerprint density at radius 2 is 1.43 bits per heavy atom. The van der Waals surface area contributed by atoms with Crippen molar-refractivity contribution in [2.24, 2.45) is 5.92 Å². The number of carbonyl (C=O) groups is 1. The molecule has 0 aliphatic heterocycles. The fraction of sp³-hybridized carbons (Fsp3) is 0.205. The number of sulfonamides is 1. The highest BCUT2D eigenvalue weighted by Crippen LogP contribution is 2.37. The molecule has 0 unspecified atom stereocenters. The first-order valence-electron chi connectivity index (χ1n) is 16.1. The molecule has 0 aromatic heterocycles. The van der Waals surface area contributed by atoms with Gasteiger partial charge in [-0.3, -0.25) is 0 Å². The molecule has 51 heavy (non-hydrogen) atoms. The van der Waals surface area contributed by atoms with E-state index in [1.807, 2.05) is 44.2 Å². The van der Waals surface area contributed by atoms with Crippen molar-refractivity contribution in [1.82, 2.24) is 9.21 Å². The van der Waals surface area contributed by atoms with Crippen molar-refractivity contribution in [1.29, 1.82) is 0 Å². The van der Waals surface area contributed by atoms with Crippen molar-refractivity contribution >= 4 is 44.9 Å². The third-order valence-electron chi connectivity index (χ3n) is 8.02. The molecule has 0 spiro atoms. The van der Waals surface area contributed by atoms with Crippen LogP contribution in [0.25, 0.3) is 11.1 Å². The lowest BCUT2D eigenvalue weighted by Gasteiger charge is -2.26. The number of ether oxygens (including phenoxy) is 1. The van der Waals surface area contributed by atoms with E-state index in [-0.39, 0.29) is 47.4 Å². The Labute approximate surface area is 308 Å².